The Morgan fingerprint density at radius 1 is 1.10 bits per heavy atom. The van der Waals surface area contributed by atoms with Gasteiger partial charge < -0.3 is 33.9 Å². The predicted octanol–water partition coefficient (Wildman–Crippen LogP) is 1.75. The van der Waals surface area contributed by atoms with E-state index in [2.05, 4.69) is 0 Å². The SMILES string of the molecule is CC[C@@H](C)[C@@]12O[C@]3(C)O[C@@]4(C)[C@]5(O)C(C)=C(OC)[C@@H]([C@]16C(OC)=C(C)C(=O)[C@@]356)[C@@]4(O)O2. The highest BCUT2D eigenvalue weighted by Gasteiger charge is 3.10. The molecule has 2 N–H and O–H groups in total. The molecular weight excluding hydrogens is 404 g/mol. The molecule has 2 spiro atoms. The van der Waals surface area contributed by atoms with Gasteiger partial charge in [0.05, 0.1) is 20.1 Å². The van der Waals surface area contributed by atoms with Gasteiger partial charge >= 0.3 is 0 Å². The smallest absolute Gasteiger partial charge is 0.212 e. The molecule has 8 nitrogen and oxygen atoms in total. The minimum atomic E-state index is -2.01. The van der Waals surface area contributed by atoms with Crippen LogP contribution in [0.1, 0.15) is 48.0 Å². The maximum Gasteiger partial charge on any atom is 0.212 e. The molecule has 170 valence electrons. The number of methoxy groups -OCH3 is 2. The second kappa shape index (κ2) is 4.75. The third-order valence-corrected chi connectivity index (χ3v) is 9.86. The van der Waals surface area contributed by atoms with Gasteiger partial charge in [0.25, 0.3) is 0 Å². The molecule has 3 heterocycles. The molecule has 4 aliphatic carbocycles. The minimum absolute atomic E-state index is 0.265. The molecule has 7 aliphatic rings. The van der Waals surface area contributed by atoms with Crippen molar-refractivity contribution < 1.29 is 38.7 Å². The van der Waals surface area contributed by atoms with Crippen LogP contribution in [0.5, 0.6) is 0 Å². The zero-order valence-corrected chi connectivity index (χ0v) is 19.2. The van der Waals surface area contributed by atoms with E-state index >= 15 is 0 Å². The van der Waals surface area contributed by atoms with E-state index in [1.54, 1.807) is 27.7 Å². The van der Waals surface area contributed by atoms with Crippen molar-refractivity contribution in [2.24, 2.45) is 22.7 Å². The third kappa shape index (κ3) is 1.22. The molecule has 1 saturated carbocycles. The van der Waals surface area contributed by atoms with E-state index in [-0.39, 0.29) is 11.7 Å². The van der Waals surface area contributed by atoms with Crippen LogP contribution in [-0.4, -0.2) is 58.8 Å². The Kier molecular flexibility index (Phi) is 3.09. The quantitative estimate of drug-likeness (QED) is 0.690. The van der Waals surface area contributed by atoms with Gasteiger partial charge in [-0.05, 0) is 34.1 Å². The number of carbonyl (C=O) groups is 1. The van der Waals surface area contributed by atoms with E-state index in [1.165, 1.54) is 14.2 Å². The van der Waals surface area contributed by atoms with E-state index < -0.39 is 45.3 Å². The normalized spacial score (nSPS) is 58.6. The molecule has 7 rings (SSSR count). The lowest BCUT2D eigenvalue weighted by molar-refractivity contribution is -0.360. The Labute approximate surface area is 181 Å². The summed E-state index contributed by atoms with van der Waals surface area (Å²) in [6, 6.07) is 0. The summed E-state index contributed by atoms with van der Waals surface area (Å²) in [6.45, 7) is 10.7. The van der Waals surface area contributed by atoms with Crippen LogP contribution in [0.15, 0.2) is 22.7 Å². The van der Waals surface area contributed by atoms with E-state index in [0.717, 1.165) is 0 Å². The van der Waals surface area contributed by atoms with Gasteiger partial charge in [-0.15, -0.1) is 0 Å². The largest absolute Gasteiger partial charge is 0.500 e. The summed E-state index contributed by atoms with van der Waals surface area (Å²) in [5.41, 5.74) is -5.72. The standard InChI is InChI=1S/C23H30O8/c1-9-10(2)23-19-14-13(27-7)12(4)21(25)17(5,22(14,26)31-23)29-18(6,30-23)20(19,21)15(24)11(3)16(19)28-8/h10,14,25-26H,9H2,1-8H3/t10-,14+,17+,18+,19-,20+,21-,22-,23+/m1/s1. The molecule has 9 atom stereocenters. The summed E-state index contributed by atoms with van der Waals surface area (Å²) in [6.07, 6.45) is 0.640. The molecule has 0 aromatic carbocycles. The molecule has 3 saturated heterocycles. The maximum atomic E-state index is 14.3. The fraction of sp³-hybridized carbons (Fsp3) is 0.783. The number of ether oxygens (including phenoxy) is 5. The molecule has 0 aromatic heterocycles. The number of allylic oxidation sites excluding steroid dienone is 1. The van der Waals surface area contributed by atoms with Crippen molar-refractivity contribution in [3.8, 4) is 0 Å². The Bertz CT molecular complexity index is 1050. The molecule has 4 fully saturated rings. The first-order valence-corrected chi connectivity index (χ1v) is 10.9. The van der Waals surface area contributed by atoms with Gasteiger partial charge in [-0.1, -0.05) is 13.8 Å². The van der Waals surface area contributed by atoms with Crippen molar-refractivity contribution in [3.63, 3.8) is 0 Å². The van der Waals surface area contributed by atoms with Crippen molar-refractivity contribution in [1.29, 1.82) is 0 Å². The highest BCUT2D eigenvalue weighted by molar-refractivity contribution is 6.08. The van der Waals surface area contributed by atoms with E-state index in [4.69, 9.17) is 23.7 Å². The molecule has 6 bridgehead atoms. The van der Waals surface area contributed by atoms with Gasteiger partial charge in [0.2, 0.25) is 5.79 Å². The van der Waals surface area contributed by atoms with Crippen LogP contribution in [0, 0.1) is 22.7 Å². The van der Waals surface area contributed by atoms with E-state index in [0.29, 0.717) is 29.1 Å². The van der Waals surface area contributed by atoms with Crippen molar-refractivity contribution >= 4 is 5.78 Å². The van der Waals surface area contributed by atoms with Crippen molar-refractivity contribution in [2.75, 3.05) is 14.2 Å². The van der Waals surface area contributed by atoms with Crippen LogP contribution in [0.4, 0.5) is 0 Å². The maximum absolute atomic E-state index is 14.3. The van der Waals surface area contributed by atoms with Crippen LogP contribution in [0.2, 0.25) is 0 Å². The molecule has 0 aromatic rings. The first kappa shape index (κ1) is 20.2. The lowest BCUT2D eigenvalue weighted by Gasteiger charge is -2.64. The van der Waals surface area contributed by atoms with Gasteiger partial charge in [0.15, 0.2) is 23.0 Å². The zero-order chi connectivity index (χ0) is 22.8. The van der Waals surface area contributed by atoms with Crippen molar-refractivity contribution in [1.82, 2.24) is 0 Å². The van der Waals surface area contributed by atoms with Gasteiger partial charge in [0, 0.05) is 17.1 Å². The summed E-state index contributed by atoms with van der Waals surface area (Å²) >= 11 is 0. The molecular formula is C23H30O8. The number of hydrogen-bond donors (Lipinski definition) is 2. The van der Waals surface area contributed by atoms with Crippen molar-refractivity contribution in [3.05, 3.63) is 22.7 Å². The van der Waals surface area contributed by atoms with Crippen LogP contribution >= 0.6 is 0 Å². The average molecular weight is 434 g/mol. The highest BCUT2D eigenvalue weighted by Crippen LogP contribution is 2.94. The average Bonchev–Trinajstić information content (AvgIpc) is 3.17. The molecule has 0 unspecified atom stereocenters. The summed E-state index contributed by atoms with van der Waals surface area (Å²) in [7, 11) is 3.01. The summed E-state index contributed by atoms with van der Waals surface area (Å²) in [5, 5.41) is 25.0. The predicted molar refractivity (Wildman–Crippen MR) is 105 cm³/mol. The van der Waals surface area contributed by atoms with Gasteiger partial charge in [-0.2, -0.15) is 0 Å². The van der Waals surface area contributed by atoms with Crippen molar-refractivity contribution in [2.45, 2.75) is 76.5 Å². The first-order valence-electron chi connectivity index (χ1n) is 10.9. The fourth-order valence-electron chi connectivity index (χ4n) is 8.95. The van der Waals surface area contributed by atoms with Crippen LogP contribution in [0.25, 0.3) is 0 Å². The summed E-state index contributed by atoms with van der Waals surface area (Å²) in [5.74, 6) is -5.70. The molecule has 31 heavy (non-hydrogen) atoms. The molecule has 8 heteroatoms. The monoisotopic (exact) mass is 434 g/mol. The summed E-state index contributed by atoms with van der Waals surface area (Å²) < 4.78 is 31.6. The number of Topliss-reactive ketones (excluding diaryl/α,β-unsaturated/α-hetero) is 1. The Hall–Kier alpha value is -1.45. The number of hydrogen-bond acceptors (Lipinski definition) is 8. The number of aliphatic hydroxyl groups is 2. The zero-order valence-electron chi connectivity index (χ0n) is 19.2. The van der Waals surface area contributed by atoms with Gasteiger partial charge in [-0.25, -0.2) is 0 Å². The Morgan fingerprint density at radius 2 is 1.74 bits per heavy atom. The van der Waals surface area contributed by atoms with Crippen LogP contribution in [0.3, 0.4) is 0 Å². The molecule has 0 amide bonds. The first-order chi connectivity index (χ1) is 14.3. The lowest BCUT2D eigenvalue weighted by atomic mass is 9.36. The molecule has 3 aliphatic heterocycles. The highest BCUT2D eigenvalue weighted by atomic mass is 16.9. The number of carbonyl (C=O) groups excluding carboxylic acids is 1. The Morgan fingerprint density at radius 3 is 2.29 bits per heavy atom. The lowest BCUT2D eigenvalue weighted by Crippen LogP contribution is -2.82. The topological polar surface area (TPSA) is 104 Å². The third-order valence-electron chi connectivity index (χ3n) is 9.86. The molecule has 0 radical (unpaired) electrons. The van der Waals surface area contributed by atoms with Gasteiger partial charge in [0.1, 0.15) is 27.9 Å². The minimum Gasteiger partial charge on any atom is -0.500 e. The van der Waals surface area contributed by atoms with Crippen LogP contribution < -0.4 is 0 Å². The summed E-state index contributed by atoms with van der Waals surface area (Å²) in [4.78, 5) is 14.3. The number of rotatable bonds is 4. The van der Waals surface area contributed by atoms with Gasteiger partial charge in [-0.3, -0.25) is 4.79 Å². The second-order valence-corrected chi connectivity index (χ2v) is 10.3. The fourth-order valence-corrected chi connectivity index (χ4v) is 8.95. The number of ketones is 1. The van der Waals surface area contributed by atoms with E-state index in [1.807, 2.05) is 13.8 Å². The second-order valence-electron chi connectivity index (χ2n) is 10.3. The van der Waals surface area contributed by atoms with E-state index in [9.17, 15) is 15.0 Å². The van der Waals surface area contributed by atoms with Crippen LogP contribution in [-0.2, 0) is 28.5 Å². The Balaban J connectivity index is 1.92.